The van der Waals surface area contributed by atoms with Crippen LogP contribution in [-0.2, 0) is 11.2 Å². The van der Waals surface area contributed by atoms with E-state index in [2.05, 4.69) is 9.80 Å². The zero-order chi connectivity index (χ0) is 24.8. The molecule has 0 bridgehead atoms. The molecule has 0 spiro atoms. The number of nitrogens with zero attached hydrogens (tertiary/aromatic N) is 4. The molecule has 0 unspecified atom stereocenters. The fourth-order valence-corrected chi connectivity index (χ4v) is 4.39. The summed E-state index contributed by atoms with van der Waals surface area (Å²) in [7, 11) is 0. The topological polar surface area (TPSA) is 61.7 Å². The smallest absolute Gasteiger partial charge is 0.161 e. The van der Waals surface area contributed by atoms with Crippen molar-refractivity contribution in [3.63, 3.8) is 0 Å². The van der Waals surface area contributed by atoms with Gasteiger partial charge in [0.1, 0.15) is 11.6 Å². The second kappa shape index (κ2) is 11.7. The second-order valence-electron chi connectivity index (χ2n) is 9.39. The van der Waals surface area contributed by atoms with E-state index in [-0.39, 0.29) is 11.9 Å². The first-order valence-electron chi connectivity index (χ1n) is 12.3. The highest BCUT2D eigenvalue weighted by molar-refractivity contribution is 5.61. The van der Waals surface area contributed by atoms with Crippen LogP contribution in [0.2, 0.25) is 0 Å². The number of hydrogen-bond acceptors (Lipinski definition) is 6. The molecule has 0 radical (unpaired) electrons. The number of piperazine rings is 1. The van der Waals surface area contributed by atoms with Crippen LogP contribution in [0.4, 0.5) is 10.2 Å². The van der Waals surface area contributed by atoms with Crippen molar-refractivity contribution in [2.24, 2.45) is 0 Å². The Morgan fingerprint density at radius 2 is 1.66 bits per heavy atom. The normalized spacial score (nSPS) is 15.5. The minimum absolute atomic E-state index is 0.106. The maximum Gasteiger partial charge on any atom is 0.161 e. The number of aryl methyl sites for hydroxylation is 1. The lowest BCUT2D eigenvalue weighted by Gasteiger charge is -2.37. The molecule has 1 aromatic heterocycles. The first kappa shape index (κ1) is 25.2. The summed E-state index contributed by atoms with van der Waals surface area (Å²) in [4.78, 5) is 14.3. The van der Waals surface area contributed by atoms with Gasteiger partial charge in [-0.2, -0.15) is 0 Å². The lowest BCUT2D eigenvalue weighted by Crippen LogP contribution is -2.49. The Morgan fingerprint density at radius 1 is 0.971 bits per heavy atom. The van der Waals surface area contributed by atoms with Crippen molar-refractivity contribution in [3.8, 4) is 11.4 Å². The first-order chi connectivity index (χ1) is 16.9. The summed E-state index contributed by atoms with van der Waals surface area (Å²) in [6, 6.07) is 16.8. The maximum atomic E-state index is 14.5. The monoisotopic (exact) mass is 478 g/mol. The predicted octanol–water partition coefficient (Wildman–Crippen LogP) is 4.09. The Bertz CT molecular complexity index is 1100. The van der Waals surface area contributed by atoms with Crippen LogP contribution in [0.1, 0.15) is 30.7 Å². The number of hydrogen-bond donors (Lipinski definition) is 1. The molecule has 1 fully saturated rings. The van der Waals surface area contributed by atoms with Gasteiger partial charge in [-0.3, -0.25) is 4.90 Å². The van der Waals surface area contributed by atoms with Gasteiger partial charge in [-0.1, -0.05) is 48.5 Å². The molecule has 1 aliphatic rings. The SMILES string of the molecule is Cc1nc(-c2ccccc2)nc(N2CCN(C[C@H](O)COC(C)C)CC2)c1Cc1ccccc1F. The van der Waals surface area contributed by atoms with Gasteiger partial charge in [-0.25, -0.2) is 14.4 Å². The number of halogens is 1. The molecular formula is C28H35FN4O2. The predicted molar refractivity (Wildman–Crippen MR) is 137 cm³/mol. The molecule has 2 heterocycles. The third-order valence-electron chi connectivity index (χ3n) is 6.31. The summed E-state index contributed by atoms with van der Waals surface area (Å²) in [6.45, 7) is 10.0. The van der Waals surface area contributed by atoms with Crippen molar-refractivity contribution in [2.75, 3.05) is 44.2 Å². The Morgan fingerprint density at radius 3 is 2.34 bits per heavy atom. The summed E-state index contributed by atoms with van der Waals surface area (Å²) >= 11 is 0. The number of anilines is 1. The number of benzene rings is 2. The Kier molecular flexibility index (Phi) is 8.44. The van der Waals surface area contributed by atoms with E-state index in [9.17, 15) is 9.50 Å². The van der Waals surface area contributed by atoms with Gasteiger partial charge in [0.2, 0.25) is 0 Å². The van der Waals surface area contributed by atoms with Crippen molar-refractivity contribution >= 4 is 5.82 Å². The molecule has 35 heavy (non-hydrogen) atoms. The highest BCUT2D eigenvalue weighted by atomic mass is 19.1. The Labute approximate surface area is 207 Å². The van der Waals surface area contributed by atoms with E-state index in [0.29, 0.717) is 31.0 Å². The summed E-state index contributed by atoms with van der Waals surface area (Å²) < 4.78 is 20.1. The molecule has 1 saturated heterocycles. The van der Waals surface area contributed by atoms with Crippen LogP contribution in [0.5, 0.6) is 0 Å². The van der Waals surface area contributed by atoms with Gasteiger partial charge in [-0.05, 0) is 32.4 Å². The fourth-order valence-electron chi connectivity index (χ4n) is 4.39. The van der Waals surface area contributed by atoms with Gasteiger partial charge in [0.05, 0.1) is 18.8 Å². The molecule has 7 heteroatoms. The Balaban J connectivity index is 1.56. The van der Waals surface area contributed by atoms with E-state index in [4.69, 9.17) is 14.7 Å². The van der Waals surface area contributed by atoms with Gasteiger partial charge in [0.15, 0.2) is 5.82 Å². The quantitative estimate of drug-likeness (QED) is 0.500. The first-order valence-corrected chi connectivity index (χ1v) is 12.3. The molecule has 1 atom stereocenters. The van der Waals surface area contributed by atoms with Crippen molar-refractivity contribution in [1.29, 1.82) is 0 Å². The van der Waals surface area contributed by atoms with Crippen LogP contribution in [0.3, 0.4) is 0 Å². The summed E-state index contributed by atoms with van der Waals surface area (Å²) in [6.07, 6.45) is 0.0368. The highest BCUT2D eigenvalue weighted by Crippen LogP contribution is 2.29. The fraction of sp³-hybridized carbons (Fsp3) is 0.429. The van der Waals surface area contributed by atoms with Gasteiger partial charge in [0, 0.05) is 56.0 Å². The second-order valence-corrected chi connectivity index (χ2v) is 9.39. The average molecular weight is 479 g/mol. The molecule has 1 aliphatic heterocycles. The van der Waals surface area contributed by atoms with Crippen molar-refractivity contribution in [3.05, 3.63) is 77.2 Å². The summed E-state index contributed by atoms with van der Waals surface area (Å²) in [5.74, 6) is 1.33. The molecule has 0 amide bonds. The lowest BCUT2D eigenvalue weighted by atomic mass is 10.0. The van der Waals surface area contributed by atoms with Crippen LogP contribution in [0, 0.1) is 12.7 Å². The van der Waals surface area contributed by atoms with Crippen LogP contribution in [-0.4, -0.2) is 71.5 Å². The standard InChI is InChI=1S/C28H35FN4O2/c1-20(2)35-19-24(34)18-32-13-15-33(16-14-32)28-25(17-23-11-7-8-12-26(23)29)21(3)30-27(31-28)22-9-5-4-6-10-22/h4-12,20,24,34H,13-19H2,1-3H3/t24-/m0/s1. The lowest BCUT2D eigenvalue weighted by molar-refractivity contribution is -0.00901. The van der Waals surface area contributed by atoms with Gasteiger partial charge < -0.3 is 14.7 Å². The molecule has 1 N–H and O–H groups in total. The van der Waals surface area contributed by atoms with Gasteiger partial charge in [-0.15, -0.1) is 0 Å². The molecule has 3 aromatic rings. The van der Waals surface area contributed by atoms with E-state index < -0.39 is 6.10 Å². The van der Waals surface area contributed by atoms with Crippen molar-refractivity contribution < 1.29 is 14.2 Å². The zero-order valence-electron chi connectivity index (χ0n) is 20.8. The molecular weight excluding hydrogens is 443 g/mol. The molecule has 2 aromatic carbocycles. The third kappa shape index (κ3) is 6.63. The molecule has 4 rings (SSSR count). The minimum Gasteiger partial charge on any atom is -0.389 e. The highest BCUT2D eigenvalue weighted by Gasteiger charge is 2.25. The number of aliphatic hydroxyl groups is 1. The van der Waals surface area contributed by atoms with Crippen molar-refractivity contribution in [2.45, 2.75) is 39.4 Å². The van der Waals surface area contributed by atoms with E-state index >= 15 is 0 Å². The van der Waals surface area contributed by atoms with E-state index in [1.54, 1.807) is 6.07 Å². The number of rotatable bonds is 9. The minimum atomic E-state index is -0.508. The van der Waals surface area contributed by atoms with E-state index in [0.717, 1.165) is 48.8 Å². The maximum absolute atomic E-state index is 14.5. The van der Waals surface area contributed by atoms with Crippen LogP contribution in [0.15, 0.2) is 54.6 Å². The van der Waals surface area contributed by atoms with E-state index in [1.807, 2.05) is 63.2 Å². The van der Waals surface area contributed by atoms with Crippen LogP contribution >= 0.6 is 0 Å². The summed E-state index contributed by atoms with van der Waals surface area (Å²) in [5, 5.41) is 10.3. The molecule has 186 valence electrons. The number of aromatic nitrogens is 2. The van der Waals surface area contributed by atoms with Crippen molar-refractivity contribution in [1.82, 2.24) is 14.9 Å². The zero-order valence-corrected chi connectivity index (χ0v) is 20.8. The van der Waals surface area contributed by atoms with Crippen LogP contribution < -0.4 is 4.90 Å². The molecule has 0 aliphatic carbocycles. The number of aliphatic hydroxyl groups excluding tert-OH is 1. The number of β-amino-alcohol motifs (C(OH)–C–C–N with tert-alkyl or cyclic N) is 1. The third-order valence-corrected chi connectivity index (χ3v) is 6.31. The van der Waals surface area contributed by atoms with Gasteiger partial charge in [0.25, 0.3) is 0 Å². The largest absolute Gasteiger partial charge is 0.389 e. The molecule has 6 nitrogen and oxygen atoms in total. The van der Waals surface area contributed by atoms with Gasteiger partial charge >= 0.3 is 0 Å². The average Bonchev–Trinajstić information content (AvgIpc) is 2.86. The van der Waals surface area contributed by atoms with Crippen LogP contribution in [0.25, 0.3) is 11.4 Å². The Hall–Kier alpha value is -2.87. The molecule has 0 saturated carbocycles. The number of ether oxygens (including phenoxy) is 1. The summed E-state index contributed by atoms with van der Waals surface area (Å²) in [5.41, 5.74) is 3.41. The van der Waals surface area contributed by atoms with E-state index in [1.165, 1.54) is 6.07 Å².